The van der Waals surface area contributed by atoms with Crippen LogP contribution >= 0.6 is 22.6 Å². The molecule has 1 aromatic carbocycles. The van der Waals surface area contributed by atoms with Gasteiger partial charge in [0, 0.05) is 25.9 Å². The number of carbonyl (C=O) groups is 1. The van der Waals surface area contributed by atoms with Crippen molar-refractivity contribution in [1.82, 2.24) is 20.2 Å². The zero-order valence-corrected chi connectivity index (χ0v) is 16.9. The monoisotopic (exact) mass is 489 g/mol. The summed E-state index contributed by atoms with van der Waals surface area (Å²) in [5.41, 5.74) is 6.21. The highest BCUT2D eigenvalue weighted by atomic mass is 127. The number of aromatic amines is 1. The zero-order chi connectivity index (χ0) is 19.7. The number of nitrogens with two attached hydrogens (primary N) is 1. The first kappa shape index (κ1) is 18.4. The van der Waals surface area contributed by atoms with E-state index < -0.39 is 11.7 Å². The molecule has 1 saturated heterocycles. The molecule has 4 rings (SSSR count). The van der Waals surface area contributed by atoms with Gasteiger partial charge in [-0.25, -0.2) is 9.78 Å². The minimum Gasteiger partial charge on any atom is -0.438 e. The first-order valence-electron chi connectivity index (χ1n) is 8.63. The molecular weight excluding hydrogens is 473 g/mol. The zero-order valence-electron chi connectivity index (χ0n) is 14.7. The smallest absolute Gasteiger partial charge is 0.405 e. The fourth-order valence-electron chi connectivity index (χ4n) is 3.55. The predicted octanol–water partition coefficient (Wildman–Crippen LogP) is 2.42. The number of nitriles is 1. The Labute approximate surface area is 174 Å². The Bertz CT molecular complexity index is 1070. The highest BCUT2D eigenvalue weighted by molar-refractivity contribution is 14.1. The van der Waals surface area contributed by atoms with E-state index in [1.54, 1.807) is 0 Å². The van der Waals surface area contributed by atoms with E-state index in [4.69, 9.17) is 10.5 Å². The van der Waals surface area contributed by atoms with Crippen LogP contribution in [0.4, 0.5) is 10.7 Å². The summed E-state index contributed by atoms with van der Waals surface area (Å²) in [7, 11) is 0. The molecule has 0 unspecified atom stereocenters. The third-order valence-electron chi connectivity index (χ3n) is 4.91. The topological polar surface area (TPSA) is 134 Å². The van der Waals surface area contributed by atoms with Crippen LogP contribution in [0, 0.1) is 15.0 Å². The molecule has 0 atom stereocenters. The van der Waals surface area contributed by atoms with E-state index in [0.29, 0.717) is 42.9 Å². The number of hydrogen-bond acceptors (Lipinski definition) is 7. The molecule has 0 aliphatic carbocycles. The molecule has 0 radical (unpaired) electrons. The molecule has 0 spiro atoms. The van der Waals surface area contributed by atoms with E-state index in [-0.39, 0.29) is 5.69 Å². The number of carbonyl (C=O) groups excluding carboxylic acids is 1. The molecule has 2 aromatic heterocycles. The molecule has 3 N–H and O–H groups in total. The second-order valence-electron chi connectivity index (χ2n) is 6.49. The number of nitrogens with one attached hydrogen (secondary N) is 1. The molecule has 142 valence electrons. The van der Waals surface area contributed by atoms with Gasteiger partial charge in [0.05, 0.1) is 5.39 Å². The number of amides is 1. The number of piperidine rings is 1. The summed E-state index contributed by atoms with van der Waals surface area (Å²) in [4.78, 5) is 22.4. The minimum atomic E-state index is -0.798. The van der Waals surface area contributed by atoms with Gasteiger partial charge in [0.2, 0.25) is 5.95 Å². The van der Waals surface area contributed by atoms with Crippen LogP contribution in [0.15, 0.2) is 30.3 Å². The van der Waals surface area contributed by atoms with E-state index in [2.05, 4.69) is 48.8 Å². The summed E-state index contributed by atoms with van der Waals surface area (Å²) in [6.07, 6.45) is 0.260. The third-order valence-corrected chi connectivity index (χ3v) is 5.69. The Morgan fingerprint density at radius 3 is 2.64 bits per heavy atom. The Morgan fingerprint density at radius 2 is 2.00 bits per heavy atom. The Morgan fingerprint density at radius 1 is 1.29 bits per heavy atom. The molecule has 9 nitrogen and oxygen atoms in total. The molecule has 10 heteroatoms. The summed E-state index contributed by atoms with van der Waals surface area (Å²) in [6, 6.07) is 11.7. The van der Waals surface area contributed by atoms with Gasteiger partial charge < -0.3 is 15.4 Å². The number of hydrogen-bond donors (Lipinski definition) is 2. The predicted molar refractivity (Wildman–Crippen MR) is 109 cm³/mol. The lowest BCUT2D eigenvalue weighted by Crippen LogP contribution is -2.46. The fraction of sp³-hybridized carbons (Fsp3) is 0.278. The summed E-state index contributed by atoms with van der Waals surface area (Å²) in [5, 5.41) is 17.1. The number of fused-ring (bicyclic) bond motifs is 1. The van der Waals surface area contributed by atoms with E-state index in [1.807, 2.05) is 35.2 Å². The number of halogens is 1. The van der Waals surface area contributed by atoms with E-state index >= 15 is 0 Å². The number of benzene rings is 1. The lowest BCUT2D eigenvalue weighted by Gasteiger charge is -2.41. The highest BCUT2D eigenvalue weighted by Gasteiger charge is 2.40. The number of H-pyrrole nitrogens is 1. The van der Waals surface area contributed by atoms with Crippen molar-refractivity contribution >= 4 is 45.7 Å². The molecule has 28 heavy (non-hydrogen) atoms. The summed E-state index contributed by atoms with van der Waals surface area (Å²) < 4.78 is 6.30. The van der Waals surface area contributed by atoms with Crippen LogP contribution in [0.25, 0.3) is 11.0 Å². The molecule has 1 fully saturated rings. The first-order valence-corrected chi connectivity index (χ1v) is 9.71. The van der Waals surface area contributed by atoms with Crippen molar-refractivity contribution in [2.45, 2.75) is 18.4 Å². The van der Waals surface area contributed by atoms with Gasteiger partial charge in [-0.15, -0.1) is 0 Å². The number of anilines is 1. The number of nitrogens with zero attached hydrogens (tertiary/aromatic N) is 5. The van der Waals surface area contributed by atoms with Gasteiger partial charge in [0.25, 0.3) is 0 Å². The van der Waals surface area contributed by atoms with Crippen molar-refractivity contribution in [3.8, 4) is 6.07 Å². The molecule has 1 amide bonds. The lowest BCUT2D eigenvalue weighted by atomic mass is 9.84. The molecule has 0 bridgehead atoms. The highest BCUT2D eigenvalue weighted by Crippen LogP contribution is 2.37. The van der Waals surface area contributed by atoms with Crippen LogP contribution < -0.4 is 10.6 Å². The van der Waals surface area contributed by atoms with Gasteiger partial charge in [-0.1, -0.05) is 30.3 Å². The maximum Gasteiger partial charge on any atom is 0.405 e. The van der Waals surface area contributed by atoms with E-state index in [0.717, 1.165) is 9.26 Å². The lowest BCUT2D eigenvalue weighted by molar-refractivity contribution is -0.00679. The van der Waals surface area contributed by atoms with Gasteiger partial charge in [-0.3, -0.25) is 5.10 Å². The van der Waals surface area contributed by atoms with E-state index in [9.17, 15) is 10.1 Å². The van der Waals surface area contributed by atoms with Crippen LogP contribution in [-0.4, -0.2) is 39.3 Å². The Kier molecular flexibility index (Phi) is 4.76. The van der Waals surface area contributed by atoms with Crippen molar-refractivity contribution in [3.63, 3.8) is 0 Å². The summed E-state index contributed by atoms with van der Waals surface area (Å²) in [5.74, 6) is 0.438. The fourth-order valence-corrected chi connectivity index (χ4v) is 4.17. The average molecular weight is 489 g/mol. The number of ether oxygens (including phenoxy) is 1. The maximum atomic E-state index is 11.5. The van der Waals surface area contributed by atoms with Gasteiger partial charge in [-0.05, 0) is 28.2 Å². The second-order valence-corrected chi connectivity index (χ2v) is 7.57. The van der Waals surface area contributed by atoms with Crippen LogP contribution in [0.3, 0.4) is 0 Å². The van der Waals surface area contributed by atoms with Gasteiger partial charge in [0.15, 0.2) is 11.3 Å². The quantitative estimate of drug-likeness (QED) is 0.540. The van der Waals surface area contributed by atoms with Crippen LogP contribution in [0.5, 0.6) is 0 Å². The van der Waals surface area contributed by atoms with Gasteiger partial charge in [-0.2, -0.15) is 15.3 Å². The SMILES string of the molecule is N#Cc1nc(N2CCC(OC(N)=O)(c3ccccc3)CC2)nc2n[nH]c(I)c12. The third kappa shape index (κ3) is 3.22. The van der Waals surface area contributed by atoms with Crippen LogP contribution in [0.1, 0.15) is 24.1 Å². The standard InChI is InChI=1S/C18H16IN7O2/c19-14-13-12(10-20)22-17(23-15(13)25-24-14)26-8-6-18(7-9-26,28-16(21)27)11-4-2-1-3-5-11/h1-5H,6-9H2,(H2,21,27)(H,22,23,24,25). The van der Waals surface area contributed by atoms with Crippen molar-refractivity contribution in [3.05, 3.63) is 45.3 Å². The second kappa shape index (κ2) is 7.23. The number of primary amides is 1. The number of rotatable bonds is 3. The average Bonchev–Trinajstić information content (AvgIpc) is 3.09. The molecule has 1 aliphatic heterocycles. The van der Waals surface area contributed by atoms with Crippen molar-refractivity contribution in [2.24, 2.45) is 5.73 Å². The number of aromatic nitrogens is 4. The Hall–Kier alpha value is -2.94. The molecular formula is C18H16IN7O2. The van der Waals surface area contributed by atoms with Gasteiger partial charge >= 0.3 is 6.09 Å². The van der Waals surface area contributed by atoms with Crippen molar-refractivity contribution < 1.29 is 9.53 Å². The van der Waals surface area contributed by atoms with Gasteiger partial charge in [0.1, 0.15) is 15.4 Å². The molecule has 3 heterocycles. The molecule has 1 aliphatic rings. The van der Waals surface area contributed by atoms with E-state index in [1.165, 1.54) is 0 Å². The molecule has 0 saturated carbocycles. The first-order chi connectivity index (χ1) is 13.5. The van der Waals surface area contributed by atoms with Crippen LogP contribution in [-0.2, 0) is 10.3 Å². The summed E-state index contributed by atoms with van der Waals surface area (Å²) in [6.45, 7) is 1.08. The molecule has 3 aromatic rings. The minimum absolute atomic E-state index is 0.284. The van der Waals surface area contributed by atoms with Crippen molar-refractivity contribution in [2.75, 3.05) is 18.0 Å². The van der Waals surface area contributed by atoms with Crippen LogP contribution in [0.2, 0.25) is 0 Å². The normalized spacial score (nSPS) is 15.9. The van der Waals surface area contributed by atoms with Crippen molar-refractivity contribution in [1.29, 1.82) is 5.26 Å². The summed E-state index contributed by atoms with van der Waals surface area (Å²) >= 11 is 2.07. The largest absolute Gasteiger partial charge is 0.438 e. The maximum absolute atomic E-state index is 11.5. The Balaban J connectivity index is 1.63.